The molecule has 0 unspecified atom stereocenters. The van der Waals surface area contributed by atoms with E-state index >= 15 is 0 Å². The summed E-state index contributed by atoms with van der Waals surface area (Å²) >= 11 is 0. The highest BCUT2D eigenvalue weighted by Gasteiger charge is 2.26. The van der Waals surface area contributed by atoms with Crippen molar-refractivity contribution in [2.24, 2.45) is 5.92 Å². The van der Waals surface area contributed by atoms with Crippen LogP contribution in [0.5, 0.6) is 0 Å². The number of esters is 1. The van der Waals surface area contributed by atoms with Crippen LogP contribution in [0, 0.1) is 5.92 Å². The van der Waals surface area contributed by atoms with Gasteiger partial charge in [0.2, 0.25) is 0 Å². The van der Waals surface area contributed by atoms with Gasteiger partial charge in [0.05, 0.1) is 5.92 Å². The Morgan fingerprint density at radius 1 is 1.17 bits per heavy atom. The van der Waals surface area contributed by atoms with Gasteiger partial charge in [0.25, 0.3) is 0 Å². The number of fused-ring (bicyclic) bond motifs is 3. The van der Waals surface area contributed by atoms with Gasteiger partial charge in [-0.3, -0.25) is 4.79 Å². The molecule has 0 saturated heterocycles. The Morgan fingerprint density at radius 2 is 2.00 bits per heavy atom. The highest BCUT2D eigenvalue weighted by molar-refractivity contribution is 6.07. The van der Waals surface area contributed by atoms with E-state index < -0.39 is 5.63 Å². The molecule has 0 bridgehead atoms. The van der Waals surface area contributed by atoms with E-state index in [4.69, 9.17) is 9.15 Å². The second-order valence-corrected chi connectivity index (χ2v) is 5.99. The van der Waals surface area contributed by atoms with Crippen LogP contribution in [0.4, 0.5) is 0 Å². The highest BCUT2D eigenvalue weighted by atomic mass is 16.5. The van der Waals surface area contributed by atoms with Crippen LogP contribution in [0.2, 0.25) is 0 Å². The molecule has 0 amide bonds. The van der Waals surface area contributed by atoms with Gasteiger partial charge in [-0.2, -0.15) is 0 Å². The Bertz CT molecular complexity index is 950. The summed E-state index contributed by atoms with van der Waals surface area (Å²) in [5, 5.41) is 2.88. The largest absolute Gasteiger partial charge is 0.461 e. The summed E-state index contributed by atoms with van der Waals surface area (Å²) in [4.78, 5) is 23.7. The third-order valence-corrected chi connectivity index (χ3v) is 4.52. The van der Waals surface area contributed by atoms with Crippen molar-refractivity contribution in [3.63, 3.8) is 0 Å². The third-order valence-electron chi connectivity index (χ3n) is 4.52. The lowest BCUT2D eigenvalue weighted by Crippen LogP contribution is -2.24. The fourth-order valence-corrected chi connectivity index (χ4v) is 3.04. The standard InChI is InChI=1S/C19H16O4/c20-17-10-14(11-22-19(21)13-5-3-6-13)18-15-7-2-1-4-12(15)8-9-16(18)23-17/h1-2,4,7-10,13H,3,5-6,11H2. The molecule has 0 N–H and O–H groups in total. The van der Waals surface area contributed by atoms with Crippen molar-refractivity contribution in [1.82, 2.24) is 0 Å². The van der Waals surface area contributed by atoms with Gasteiger partial charge in [-0.05, 0) is 29.7 Å². The second-order valence-electron chi connectivity index (χ2n) is 5.99. The van der Waals surface area contributed by atoms with Crippen LogP contribution in [0.3, 0.4) is 0 Å². The van der Waals surface area contributed by atoms with E-state index in [1.165, 1.54) is 6.07 Å². The maximum atomic E-state index is 12.0. The molecule has 1 heterocycles. The molecule has 1 aliphatic rings. The van der Waals surface area contributed by atoms with Crippen molar-refractivity contribution in [2.45, 2.75) is 25.9 Å². The number of ether oxygens (including phenoxy) is 1. The lowest BCUT2D eigenvalue weighted by molar-refractivity contribution is -0.152. The summed E-state index contributed by atoms with van der Waals surface area (Å²) in [5.41, 5.74) is 0.786. The molecule has 0 atom stereocenters. The zero-order valence-electron chi connectivity index (χ0n) is 12.6. The van der Waals surface area contributed by atoms with Gasteiger partial charge in [0.1, 0.15) is 12.2 Å². The number of benzene rings is 2. The Morgan fingerprint density at radius 3 is 2.78 bits per heavy atom. The highest BCUT2D eigenvalue weighted by Crippen LogP contribution is 2.30. The van der Waals surface area contributed by atoms with Crippen molar-refractivity contribution >= 4 is 27.7 Å². The van der Waals surface area contributed by atoms with E-state index in [9.17, 15) is 9.59 Å². The van der Waals surface area contributed by atoms with Crippen molar-refractivity contribution in [1.29, 1.82) is 0 Å². The molecule has 0 aliphatic heterocycles. The van der Waals surface area contributed by atoms with E-state index in [0.29, 0.717) is 11.1 Å². The Kier molecular flexibility index (Phi) is 3.37. The number of carbonyl (C=O) groups excluding carboxylic acids is 1. The quantitative estimate of drug-likeness (QED) is 0.419. The molecule has 4 heteroatoms. The van der Waals surface area contributed by atoms with E-state index in [2.05, 4.69) is 0 Å². The molecule has 3 aromatic rings. The summed E-state index contributed by atoms with van der Waals surface area (Å²) in [6.45, 7) is 0.103. The SMILES string of the molecule is O=C(OCc1cc(=O)oc2ccc3ccccc3c12)C1CCC1. The molecule has 2 aromatic carbocycles. The van der Waals surface area contributed by atoms with Crippen LogP contribution in [-0.4, -0.2) is 5.97 Å². The smallest absolute Gasteiger partial charge is 0.336 e. The zero-order chi connectivity index (χ0) is 15.8. The minimum atomic E-state index is -0.428. The lowest BCUT2D eigenvalue weighted by atomic mass is 9.86. The Balaban J connectivity index is 1.79. The average Bonchev–Trinajstić information content (AvgIpc) is 2.50. The molecular formula is C19H16O4. The van der Waals surface area contributed by atoms with Gasteiger partial charge < -0.3 is 9.15 Å². The number of carbonyl (C=O) groups is 1. The van der Waals surface area contributed by atoms with Crippen molar-refractivity contribution in [3.05, 3.63) is 58.4 Å². The minimum absolute atomic E-state index is 0.0260. The first-order valence-electron chi connectivity index (χ1n) is 7.83. The normalized spacial score (nSPS) is 14.8. The molecule has 0 spiro atoms. The molecule has 1 aromatic heterocycles. The van der Waals surface area contributed by atoms with Gasteiger partial charge in [0, 0.05) is 17.0 Å². The van der Waals surface area contributed by atoms with E-state index in [1.54, 1.807) is 6.07 Å². The van der Waals surface area contributed by atoms with Crippen molar-refractivity contribution in [2.75, 3.05) is 0 Å². The summed E-state index contributed by atoms with van der Waals surface area (Å²) in [5.74, 6) is -0.143. The predicted molar refractivity (Wildman–Crippen MR) is 87.1 cm³/mol. The Labute approximate surface area is 132 Å². The first-order valence-corrected chi connectivity index (χ1v) is 7.83. The van der Waals surface area contributed by atoms with Crippen LogP contribution < -0.4 is 5.63 Å². The molecule has 4 nitrogen and oxygen atoms in total. The topological polar surface area (TPSA) is 56.5 Å². The maximum absolute atomic E-state index is 12.0. The van der Waals surface area contributed by atoms with Crippen LogP contribution in [0.15, 0.2) is 51.7 Å². The average molecular weight is 308 g/mol. The number of hydrogen-bond acceptors (Lipinski definition) is 4. The summed E-state index contributed by atoms with van der Waals surface area (Å²) in [6.07, 6.45) is 2.89. The molecule has 1 aliphatic carbocycles. The second kappa shape index (κ2) is 5.54. The predicted octanol–water partition coefficient (Wildman–Crippen LogP) is 3.79. The van der Waals surface area contributed by atoms with Gasteiger partial charge in [-0.1, -0.05) is 36.8 Å². The third kappa shape index (κ3) is 2.50. The number of hydrogen-bond donors (Lipinski definition) is 0. The fraction of sp³-hybridized carbons (Fsp3) is 0.263. The van der Waals surface area contributed by atoms with E-state index in [0.717, 1.165) is 35.4 Å². The van der Waals surface area contributed by atoms with Crippen LogP contribution in [0.25, 0.3) is 21.7 Å². The summed E-state index contributed by atoms with van der Waals surface area (Å²) < 4.78 is 10.7. The van der Waals surface area contributed by atoms with Crippen LogP contribution in [-0.2, 0) is 16.1 Å². The van der Waals surface area contributed by atoms with Crippen molar-refractivity contribution in [3.8, 4) is 0 Å². The summed E-state index contributed by atoms with van der Waals surface area (Å²) in [7, 11) is 0. The van der Waals surface area contributed by atoms with Gasteiger partial charge in [0.15, 0.2) is 0 Å². The maximum Gasteiger partial charge on any atom is 0.336 e. The van der Waals surface area contributed by atoms with Gasteiger partial charge >= 0.3 is 11.6 Å². The molecule has 0 radical (unpaired) electrons. The molecule has 23 heavy (non-hydrogen) atoms. The first-order chi connectivity index (χ1) is 11.2. The number of rotatable bonds is 3. The molecule has 1 saturated carbocycles. The molecule has 116 valence electrons. The fourth-order valence-electron chi connectivity index (χ4n) is 3.04. The van der Waals surface area contributed by atoms with E-state index in [1.807, 2.05) is 30.3 Å². The molecular weight excluding hydrogens is 292 g/mol. The minimum Gasteiger partial charge on any atom is -0.461 e. The van der Waals surface area contributed by atoms with Crippen molar-refractivity contribution < 1.29 is 13.9 Å². The van der Waals surface area contributed by atoms with Crippen LogP contribution in [0.1, 0.15) is 24.8 Å². The molecule has 1 fully saturated rings. The first kappa shape index (κ1) is 14.0. The summed E-state index contributed by atoms with van der Waals surface area (Å²) in [6, 6.07) is 13.0. The lowest BCUT2D eigenvalue weighted by Gasteiger charge is -2.23. The van der Waals surface area contributed by atoms with Gasteiger partial charge in [-0.15, -0.1) is 0 Å². The zero-order valence-corrected chi connectivity index (χ0v) is 12.6. The van der Waals surface area contributed by atoms with E-state index in [-0.39, 0.29) is 18.5 Å². The Hall–Kier alpha value is -2.62. The van der Waals surface area contributed by atoms with Gasteiger partial charge in [-0.25, -0.2) is 4.79 Å². The van der Waals surface area contributed by atoms with Crippen LogP contribution >= 0.6 is 0 Å². The molecule has 4 rings (SSSR count). The monoisotopic (exact) mass is 308 g/mol.